The minimum Gasteiger partial charge on any atom is -0.490 e. The van der Waals surface area contributed by atoms with Crippen molar-refractivity contribution in [3.63, 3.8) is 0 Å². The van der Waals surface area contributed by atoms with Gasteiger partial charge in [-0.2, -0.15) is 0 Å². The van der Waals surface area contributed by atoms with Crippen LogP contribution >= 0.6 is 24.0 Å². The summed E-state index contributed by atoms with van der Waals surface area (Å²) in [5.41, 5.74) is 2.09. The minimum absolute atomic E-state index is 0. The van der Waals surface area contributed by atoms with E-state index in [1.54, 1.807) is 6.26 Å². The number of hydrogen-bond donors (Lipinski definition) is 1. The standard InChI is InChI=1S/C21H22ClNO3.ClH/c1-2-24-20-7-3-5-17(13-23-14-19-6-4-12-25-19)21(20)26-15-16-8-10-18(22)11-9-16;/h3-12,23H,2,13-15H2,1H3;1H. The third-order valence-corrected chi connectivity index (χ3v) is 4.10. The Bertz CT molecular complexity index is 805. The van der Waals surface area contributed by atoms with E-state index in [0.29, 0.717) is 31.3 Å². The summed E-state index contributed by atoms with van der Waals surface area (Å²) in [4.78, 5) is 0. The second-order valence-corrected chi connectivity index (χ2v) is 6.21. The molecule has 4 nitrogen and oxygen atoms in total. The Balaban J connectivity index is 0.00000261. The number of hydrogen-bond acceptors (Lipinski definition) is 4. The predicted octanol–water partition coefficient (Wildman–Crippen LogP) is 5.62. The number of furan rings is 1. The molecule has 0 unspecified atom stereocenters. The van der Waals surface area contributed by atoms with Crippen molar-refractivity contribution < 1.29 is 13.9 Å². The zero-order chi connectivity index (χ0) is 18.2. The summed E-state index contributed by atoms with van der Waals surface area (Å²) in [7, 11) is 0. The Morgan fingerprint density at radius 1 is 0.963 bits per heavy atom. The van der Waals surface area contributed by atoms with Gasteiger partial charge in [0.15, 0.2) is 11.5 Å². The highest BCUT2D eigenvalue weighted by Crippen LogP contribution is 2.32. The van der Waals surface area contributed by atoms with Gasteiger partial charge >= 0.3 is 0 Å². The van der Waals surface area contributed by atoms with Gasteiger partial charge in [-0.25, -0.2) is 0 Å². The van der Waals surface area contributed by atoms with E-state index in [1.165, 1.54) is 0 Å². The van der Waals surface area contributed by atoms with Gasteiger partial charge < -0.3 is 19.2 Å². The maximum absolute atomic E-state index is 6.10. The van der Waals surface area contributed by atoms with Crippen molar-refractivity contribution >= 4 is 24.0 Å². The van der Waals surface area contributed by atoms with Crippen molar-refractivity contribution in [3.8, 4) is 11.5 Å². The van der Waals surface area contributed by atoms with Crippen molar-refractivity contribution in [2.24, 2.45) is 0 Å². The summed E-state index contributed by atoms with van der Waals surface area (Å²) in [5.74, 6) is 2.41. The average Bonchev–Trinajstić information content (AvgIpc) is 3.16. The summed E-state index contributed by atoms with van der Waals surface area (Å²) < 4.78 is 17.2. The van der Waals surface area contributed by atoms with Crippen LogP contribution in [0.25, 0.3) is 0 Å². The van der Waals surface area contributed by atoms with Crippen LogP contribution in [0.1, 0.15) is 23.8 Å². The van der Waals surface area contributed by atoms with E-state index in [2.05, 4.69) is 5.32 Å². The number of halogens is 2. The quantitative estimate of drug-likeness (QED) is 0.499. The second kappa shape index (κ2) is 10.9. The molecule has 0 bridgehead atoms. The number of rotatable bonds is 9. The molecule has 27 heavy (non-hydrogen) atoms. The van der Waals surface area contributed by atoms with Gasteiger partial charge in [0, 0.05) is 17.1 Å². The molecule has 6 heteroatoms. The lowest BCUT2D eigenvalue weighted by molar-refractivity contribution is 0.266. The van der Waals surface area contributed by atoms with Crippen LogP contribution in [0.15, 0.2) is 65.3 Å². The largest absolute Gasteiger partial charge is 0.490 e. The van der Waals surface area contributed by atoms with Crippen LogP contribution in [-0.2, 0) is 19.7 Å². The van der Waals surface area contributed by atoms with Gasteiger partial charge in [-0.3, -0.25) is 0 Å². The van der Waals surface area contributed by atoms with E-state index < -0.39 is 0 Å². The molecule has 3 aromatic rings. The number of benzene rings is 2. The summed E-state index contributed by atoms with van der Waals surface area (Å²) in [6, 6.07) is 17.4. The van der Waals surface area contributed by atoms with E-state index in [0.717, 1.165) is 28.4 Å². The normalized spacial score (nSPS) is 10.3. The maximum Gasteiger partial charge on any atom is 0.166 e. The molecule has 144 valence electrons. The van der Waals surface area contributed by atoms with Crippen molar-refractivity contribution in [1.29, 1.82) is 0 Å². The fourth-order valence-electron chi connectivity index (χ4n) is 2.60. The molecule has 0 aliphatic heterocycles. The Hall–Kier alpha value is -2.14. The zero-order valence-corrected chi connectivity index (χ0v) is 16.7. The molecule has 1 N–H and O–H groups in total. The van der Waals surface area contributed by atoms with Crippen LogP contribution in [0, 0.1) is 0 Å². The fourth-order valence-corrected chi connectivity index (χ4v) is 2.73. The third-order valence-electron chi connectivity index (χ3n) is 3.85. The maximum atomic E-state index is 6.10. The van der Waals surface area contributed by atoms with Gasteiger partial charge in [0.05, 0.1) is 19.4 Å². The SMILES string of the molecule is CCOc1cccc(CNCc2ccco2)c1OCc1ccc(Cl)cc1.Cl. The molecule has 0 aliphatic rings. The molecular formula is C21H23Cl2NO3. The summed E-state index contributed by atoms with van der Waals surface area (Å²) in [6.07, 6.45) is 1.67. The fraction of sp³-hybridized carbons (Fsp3) is 0.238. The number of ether oxygens (including phenoxy) is 2. The molecule has 0 amide bonds. The second-order valence-electron chi connectivity index (χ2n) is 5.78. The predicted molar refractivity (Wildman–Crippen MR) is 110 cm³/mol. The summed E-state index contributed by atoms with van der Waals surface area (Å²) in [6.45, 7) is 4.30. The Labute approximate surface area is 170 Å². The Kier molecular flexibility index (Phi) is 8.52. The Morgan fingerprint density at radius 3 is 2.48 bits per heavy atom. The molecule has 0 atom stereocenters. The van der Waals surface area contributed by atoms with Gasteiger partial charge in [-0.15, -0.1) is 12.4 Å². The summed E-state index contributed by atoms with van der Waals surface area (Å²) in [5, 5.41) is 4.09. The van der Waals surface area contributed by atoms with Gasteiger partial charge in [-0.1, -0.05) is 35.9 Å². The van der Waals surface area contributed by atoms with E-state index in [1.807, 2.05) is 61.5 Å². The van der Waals surface area contributed by atoms with Crippen molar-refractivity contribution in [3.05, 3.63) is 82.8 Å². The van der Waals surface area contributed by atoms with Gasteiger partial charge in [0.25, 0.3) is 0 Å². The molecular weight excluding hydrogens is 385 g/mol. The van der Waals surface area contributed by atoms with Crippen molar-refractivity contribution in [2.45, 2.75) is 26.6 Å². The average molecular weight is 408 g/mol. The highest BCUT2D eigenvalue weighted by Gasteiger charge is 2.11. The van der Waals surface area contributed by atoms with Gasteiger partial charge in [0.1, 0.15) is 12.4 Å². The molecule has 0 aliphatic carbocycles. The first-order valence-corrected chi connectivity index (χ1v) is 8.99. The first-order valence-electron chi connectivity index (χ1n) is 8.61. The van der Waals surface area contributed by atoms with Crippen LogP contribution in [0.5, 0.6) is 11.5 Å². The van der Waals surface area contributed by atoms with Crippen molar-refractivity contribution in [2.75, 3.05) is 6.61 Å². The lowest BCUT2D eigenvalue weighted by Crippen LogP contribution is -2.13. The molecule has 1 aromatic heterocycles. The van der Waals surface area contributed by atoms with Crippen LogP contribution in [0.2, 0.25) is 5.02 Å². The van der Waals surface area contributed by atoms with E-state index in [4.69, 9.17) is 25.5 Å². The molecule has 0 fully saturated rings. The molecule has 0 saturated carbocycles. The monoisotopic (exact) mass is 407 g/mol. The Morgan fingerprint density at radius 2 is 1.78 bits per heavy atom. The summed E-state index contributed by atoms with van der Waals surface area (Å²) >= 11 is 5.94. The van der Waals surface area contributed by atoms with Gasteiger partial charge in [0.2, 0.25) is 0 Å². The molecule has 0 spiro atoms. The van der Waals surface area contributed by atoms with Gasteiger partial charge in [-0.05, 0) is 42.8 Å². The lowest BCUT2D eigenvalue weighted by atomic mass is 10.1. The highest BCUT2D eigenvalue weighted by atomic mass is 35.5. The van der Waals surface area contributed by atoms with Crippen LogP contribution in [0.4, 0.5) is 0 Å². The molecule has 2 aromatic carbocycles. The molecule has 1 heterocycles. The van der Waals surface area contributed by atoms with Crippen LogP contribution < -0.4 is 14.8 Å². The lowest BCUT2D eigenvalue weighted by Gasteiger charge is -2.16. The number of nitrogens with one attached hydrogen (secondary N) is 1. The molecule has 3 rings (SSSR count). The smallest absolute Gasteiger partial charge is 0.166 e. The first kappa shape index (κ1) is 21.2. The highest BCUT2D eigenvalue weighted by molar-refractivity contribution is 6.30. The van der Waals surface area contributed by atoms with E-state index in [9.17, 15) is 0 Å². The van der Waals surface area contributed by atoms with Crippen LogP contribution in [-0.4, -0.2) is 6.61 Å². The zero-order valence-electron chi connectivity index (χ0n) is 15.1. The first-order chi connectivity index (χ1) is 12.8. The van der Waals surface area contributed by atoms with Crippen molar-refractivity contribution in [1.82, 2.24) is 5.32 Å². The minimum atomic E-state index is 0. The number of para-hydroxylation sites is 1. The molecule has 0 saturated heterocycles. The molecule has 0 radical (unpaired) electrons. The van der Waals surface area contributed by atoms with E-state index in [-0.39, 0.29) is 12.4 Å². The van der Waals surface area contributed by atoms with E-state index >= 15 is 0 Å². The third kappa shape index (κ3) is 6.21. The topological polar surface area (TPSA) is 43.6 Å². The van der Waals surface area contributed by atoms with Crippen LogP contribution in [0.3, 0.4) is 0 Å².